The van der Waals surface area contributed by atoms with E-state index in [2.05, 4.69) is 5.32 Å². The highest BCUT2D eigenvalue weighted by atomic mass is 35.5. The number of benzene rings is 3. The number of nitrogens with one attached hydrogen (secondary N) is 1. The third kappa shape index (κ3) is 4.85. The van der Waals surface area contributed by atoms with Crippen molar-refractivity contribution in [1.82, 2.24) is 4.57 Å². The molecule has 36 heavy (non-hydrogen) atoms. The minimum atomic E-state index is -1.31. The fourth-order valence-corrected chi connectivity index (χ4v) is 6.17. The van der Waals surface area contributed by atoms with E-state index >= 15 is 0 Å². The molecule has 1 N–H and O–H groups in total. The highest BCUT2D eigenvalue weighted by Crippen LogP contribution is 2.65. The van der Waals surface area contributed by atoms with Crippen LogP contribution in [-0.2, 0) is 18.3 Å². The second-order valence-corrected chi connectivity index (χ2v) is 11.7. The molecule has 0 aliphatic heterocycles. The van der Waals surface area contributed by atoms with E-state index in [1.54, 1.807) is 36.4 Å². The Kier molecular flexibility index (Phi) is 6.78. The molecule has 1 aliphatic rings. The van der Waals surface area contributed by atoms with Crippen LogP contribution in [0.2, 0.25) is 15.1 Å². The molecule has 1 amide bonds. The van der Waals surface area contributed by atoms with Gasteiger partial charge in [-0.1, -0.05) is 40.9 Å². The number of ketones is 1. The van der Waals surface area contributed by atoms with Crippen LogP contribution in [0.25, 0.3) is 10.9 Å². The van der Waals surface area contributed by atoms with Gasteiger partial charge < -0.3 is 9.88 Å². The molecule has 5 rings (SSSR count). The Balaban J connectivity index is 1.33. The summed E-state index contributed by atoms with van der Waals surface area (Å²) in [5, 5.41) is 5.04. The van der Waals surface area contributed by atoms with Gasteiger partial charge in [0.2, 0.25) is 5.91 Å². The molecule has 3 aromatic carbocycles. The monoisotopic (exact) mass is 578 g/mol. The minimum Gasteiger partial charge on any atom is -0.351 e. The van der Waals surface area contributed by atoms with Gasteiger partial charge in [0.25, 0.3) is 0 Å². The third-order valence-electron chi connectivity index (χ3n) is 6.43. The Morgan fingerprint density at radius 2 is 1.67 bits per heavy atom. The Labute approximate surface area is 233 Å². The van der Waals surface area contributed by atoms with Gasteiger partial charge in [-0.15, -0.1) is 23.2 Å². The predicted octanol–water partition coefficient (Wildman–Crippen LogP) is 8.09. The fraction of sp³-hybridized carbons (Fsp3) is 0.185. The molecular formula is C27H19Cl5N2O2. The first-order chi connectivity index (χ1) is 17.0. The molecular weight excluding hydrogens is 562 g/mol. The van der Waals surface area contributed by atoms with Gasteiger partial charge in [-0.25, -0.2) is 0 Å². The maximum Gasteiger partial charge on any atom is 0.231 e. The topological polar surface area (TPSA) is 51.1 Å². The van der Waals surface area contributed by atoms with E-state index in [0.29, 0.717) is 31.9 Å². The van der Waals surface area contributed by atoms with Crippen LogP contribution in [0, 0.1) is 5.92 Å². The Hall–Kier alpha value is -2.21. The second-order valence-electron chi connectivity index (χ2n) is 8.94. The number of Topliss-reactive ketones (excluding diaryl/α,β-unsaturated/α-hetero) is 1. The molecule has 1 saturated carbocycles. The van der Waals surface area contributed by atoms with Gasteiger partial charge in [-0.05, 0) is 71.1 Å². The lowest BCUT2D eigenvalue weighted by molar-refractivity contribution is -0.117. The van der Waals surface area contributed by atoms with E-state index in [-0.39, 0.29) is 18.1 Å². The number of aromatic nitrogens is 1. The maximum atomic E-state index is 13.1. The van der Waals surface area contributed by atoms with Gasteiger partial charge >= 0.3 is 0 Å². The zero-order valence-corrected chi connectivity index (χ0v) is 22.6. The maximum absolute atomic E-state index is 13.1. The summed E-state index contributed by atoms with van der Waals surface area (Å²) in [5.74, 6) is -1.73. The van der Waals surface area contributed by atoms with Crippen molar-refractivity contribution in [2.45, 2.75) is 16.7 Å². The first-order valence-electron chi connectivity index (χ1n) is 11.1. The van der Waals surface area contributed by atoms with Gasteiger partial charge in [0.05, 0.1) is 10.9 Å². The SMILES string of the molecule is Cn1ccc2cc(CC(=O)c3cc(NC(=O)C4C(c5cc(Cl)cc(Cl)c5)C4(Cl)Cl)ccc3Cl)ccc21. The molecule has 2 atom stereocenters. The van der Waals surface area contributed by atoms with Gasteiger partial charge in [0.1, 0.15) is 4.33 Å². The van der Waals surface area contributed by atoms with Crippen molar-refractivity contribution in [3.8, 4) is 0 Å². The number of nitrogens with zero attached hydrogens (tertiary/aromatic N) is 1. The van der Waals surface area contributed by atoms with E-state index in [9.17, 15) is 9.59 Å². The smallest absolute Gasteiger partial charge is 0.231 e. The third-order valence-corrected chi connectivity index (χ3v) is 8.14. The van der Waals surface area contributed by atoms with Gasteiger partial charge in [-0.3, -0.25) is 9.59 Å². The first kappa shape index (κ1) is 25.4. The van der Waals surface area contributed by atoms with Crippen molar-refractivity contribution in [3.63, 3.8) is 0 Å². The van der Waals surface area contributed by atoms with E-state index in [1.807, 2.05) is 42.1 Å². The van der Waals surface area contributed by atoms with Crippen LogP contribution in [0.1, 0.15) is 27.4 Å². The fourth-order valence-electron chi connectivity index (χ4n) is 4.58. The predicted molar refractivity (Wildman–Crippen MR) is 148 cm³/mol. The van der Waals surface area contributed by atoms with E-state index in [1.165, 1.54) is 0 Å². The number of amides is 1. The summed E-state index contributed by atoms with van der Waals surface area (Å²) in [5.41, 5.74) is 3.38. The van der Waals surface area contributed by atoms with Crippen molar-refractivity contribution in [3.05, 3.63) is 98.6 Å². The summed E-state index contributed by atoms with van der Waals surface area (Å²) >= 11 is 31.5. The lowest BCUT2D eigenvalue weighted by atomic mass is 10.0. The molecule has 4 aromatic rings. The number of fused-ring (bicyclic) bond motifs is 1. The number of alkyl halides is 2. The van der Waals surface area contributed by atoms with Crippen molar-refractivity contribution >= 4 is 86.3 Å². The van der Waals surface area contributed by atoms with Crippen LogP contribution < -0.4 is 5.32 Å². The van der Waals surface area contributed by atoms with Crippen LogP contribution in [0.5, 0.6) is 0 Å². The van der Waals surface area contributed by atoms with Gasteiger partial charge in [0.15, 0.2) is 5.78 Å². The summed E-state index contributed by atoms with van der Waals surface area (Å²) < 4.78 is 0.713. The Morgan fingerprint density at radius 1 is 0.944 bits per heavy atom. The molecule has 1 aromatic heterocycles. The van der Waals surface area contributed by atoms with E-state index in [4.69, 9.17) is 58.0 Å². The highest BCUT2D eigenvalue weighted by molar-refractivity contribution is 6.53. The standard InChI is InChI=1S/C27H19Cl5N2O2/c1-34-7-6-15-8-14(2-5-22(15)34)9-23(35)20-13-19(3-4-21(20)30)33-26(36)25-24(27(25,31)32)16-10-17(28)12-18(29)11-16/h2-8,10-13,24-25H,9H2,1H3,(H,33,36). The van der Waals surface area contributed by atoms with Crippen LogP contribution >= 0.6 is 58.0 Å². The number of hydrogen-bond acceptors (Lipinski definition) is 2. The summed E-state index contributed by atoms with van der Waals surface area (Å²) in [4.78, 5) is 26.2. The molecule has 184 valence electrons. The zero-order valence-electron chi connectivity index (χ0n) is 18.9. The number of carbonyl (C=O) groups is 2. The van der Waals surface area contributed by atoms with Crippen LogP contribution in [-0.4, -0.2) is 20.6 Å². The summed E-state index contributed by atoms with van der Waals surface area (Å²) in [6.07, 6.45) is 2.15. The highest BCUT2D eigenvalue weighted by Gasteiger charge is 2.67. The molecule has 1 fully saturated rings. The number of halogens is 5. The molecule has 4 nitrogen and oxygen atoms in total. The molecule has 0 saturated heterocycles. The van der Waals surface area contributed by atoms with Gasteiger partial charge in [-0.2, -0.15) is 0 Å². The second kappa shape index (κ2) is 9.59. The number of aryl methyl sites for hydroxylation is 1. The summed E-state index contributed by atoms with van der Waals surface area (Å²) in [6.45, 7) is 0. The largest absolute Gasteiger partial charge is 0.351 e. The quantitative estimate of drug-likeness (QED) is 0.185. The lowest BCUT2D eigenvalue weighted by Crippen LogP contribution is -2.17. The lowest BCUT2D eigenvalue weighted by Gasteiger charge is -2.10. The average molecular weight is 581 g/mol. The minimum absolute atomic E-state index is 0.159. The molecule has 0 bridgehead atoms. The Bertz CT molecular complexity index is 1510. The molecule has 2 unspecified atom stereocenters. The molecule has 0 spiro atoms. The molecule has 9 heteroatoms. The number of anilines is 1. The number of hydrogen-bond donors (Lipinski definition) is 1. The first-order valence-corrected chi connectivity index (χ1v) is 12.9. The summed E-state index contributed by atoms with van der Waals surface area (Å²) in [7, 11) is 1.97. The van der Waals surface area contributed by atoms with Crippen molar-refractivity contribution in [1.29, 1.82) is 0 Å². The number of carbonyl (C=O) groups excluding carboxylic acids is 2. The summed E-state index contributed by atoms with van der Waals surface area (Å²) in [6, 6.07) is 17.7. The van der Waals surface area contributed by atoms with Crippen molar-refractivity contribution < 1.29 is 9.59 Å². The van der Waals surface area contributed by atoms with E-state index in [0.717, 1.165) is 16.5 Å². The van der Waals surface area contributed by atoms with Gasteiger partial charge in [0, 0.05) is 52.4 Å². The van der Waals surface area contributed by atoms with Crippen LogP contribution in [0.4, 0.5) is 5.69 Å². The molecule has 1 aliphatic carbocycles. The van der Waals surface area contributed by atoms with E-state index < -0.39 is 16.2 Å². The van der Waals surface area contributed by atoms with Crippen molar-refractivity contribution in [2.24, 2.45) is 13.0 Å². The van der Waals surface area contributed by atoms with Crippen LogP contribution in [0.15, 0.2) is 66.9 Å². The number of rotatable bonds is 6. The van der Waals surface area contributed by atoms with Crippen LogP contribution in [0.3, 0.4) is 0 Å². The molecule has 1 heterocycles. The zero-order chi connectivity index (χ0) is 25.8. The normalized spacial score (nSPS) is 18.3. The average Bonchev–Trinajstić information content (AvgIpc) is 3.21. The van der Waals surface area contributed by atoms with Crippen molar-refractivity contribution in [2.75, 3.05) is 5.32 Å². The molecule has 0 radical (unpaired) electrons. The Morgan fingerprint density at radius 3 is 2.39 bits per heavy atom.